The Balaban J connectivity index is 2.07. The first-order chi connectivity index (χ1) is 9.33. The summed E-state index contributed by atoms with van der Waals surface area (Å²) >= 11 is 1.74. The lowest BCUT2D eigenvalue weighted by Crippen LogP contribution is -2.25. The van der Waals surface area contributed by atoms with Crippen LogP contribution in [0.2, 0.25) is 0 Å². The van der Waals surface area contributed by atoms with E-state index in [1.165, 1.54) is 4.88 Å². The average molecular weight is 277 g/mol. The van der Waals surface area contributed by atoms with Crippen molar-refractivity contribution in [1.29, 1.82) is 0 Å². The Morgan fingerprint density at radius 3 is 2.68 bits per heavy atom. The van der Waals surface area contributed by atoms with Gasteiger partial charge in [-0.1, -0.05) is 24.3 Å². The van der Waals surface area contributed by atoms with Crippen LogP contribution in [0.1, 0.15) is 10.4 Å². The van der Waals surface area contributed by atoms with Gasteiger partial charge in [-0.25, -0.2) is 0 Å². The van der Waals surface area contributed by atoms with Crippen molar-refractivity contribution >= 4 is 11.3 Å². The minimum Gasteiger partial charge on any atom is -0.496 e. The van der Waals surface area contributed by atoms with Crippen LogP contribution >= 0.6 is 11.3 Å². The Morgan fingerprint density at radius 1 is 1.16 bits per heavy atom. The molecule has 0 aliphatic rings. The molecule has 0 saturated heterocycles. The summed E-state index contributed by atoms with van der Waals surface area (Å²) in [4.78, 5) is 3.53. The maximum Gasteiger partial charge on any atom is 0.123 e. The van der Waals surface area contributed by atoms with E-state index in [2.05, 4.69) is 28.5 Å². The topological polar surface area (TPSA) is 32.7 Å². The number of methoxy groups -OCH3 is 1. The lowest BCUT2D eigenvalue weighted by atomic mass is 10.2. The van der Waals surface area contributed by atoms with Crippen molar-refractivity contribution in [3.05, 3.63) is 52.2 Å². The zero-order chi connectivity index (χ0) is 13.5. The van der Waals surface area contributed by atoms with Crippen LogP contribution in [-0.2, 0) is 13.1 Å². The first-order valence-electron chi connectivity index (χ1n) is 6.31. The van der Waals surface area contributed by atoms with Gasteiger partial charge in [-0.3, -0.25) is 4.90 Å². The van der Waals surface area contributed by atoms with Crippen molar-refractivity contribution in [1.82, 2.24) is 4.90 Å². The molecule has 0 bridgehead atoms. The Bertz CT molecular complexity index is 485. The molecule has 1 aromatic carbocycles. The molecule has 1 N–H and O–H groups in total. The third-order valence-corrected chi connectivity index (χ3v) is 3.82. The van der Waals surface area contributed by atoms with Gasteiger partial charge in [-0.05, 0) is 17.5 Å². The normalized spacial score (nSPS) is 10.9. The first kappa shape index (κ1) is 14.1. The van der Waals surface area contributed by atoms with Crippen LogP contribution in [-0.4, -0.2) is 30.3 Å². The van der Waals surface area contributed by atoms with Crippen molar-refractivity contribution in [2.45, 2.75) is 13.1 Å². The number of aliphatic hydroxyl groups excluding tert-OH is 1. The predicted octanol–water partition coefficient (Wildman–Crippen LogP) is 2.75. The highest BCUT2D eigenvalue weighted by atomic mass is 32.1. The van der Waals surface area contributed by atoms with Gasteiger partial charge in [0.2, 0.25) is 0 Å². The Morgan fingerprint density at radius 2 is 2.00 bits per heavy atom. The van der Waals surface area contributed by atoms with Crippen molar-refractivity contribution in [2.75, 3.05) is 20.3 Å². The molecule has 0 unspecified atom stereocenters. The molecule has 2 aromatic rings. The zero-order valence-corrected chi connectivity index (χ0v) is 11.9. The molecule has 0 fully saturated rings. The fourth-order valence-corrected chi connectivity index (χ4v) is 2.80. The molecule has 0 radical (unpaired) electrons. The van der Waals surface area contributed by atoms with Crippen molar-refractivity contribution in [2.24, 2.45) is 0 Å². The predicted molar refractivity (Wildman–Crippen MR) is 78.5 cm³/mol. The number of rotatable bonds is 7. The highest BCUT2D eigenvalue weighted by molar-refractivity contribution is 7.09. The molecular formula is C15H19NO2S. The molecule has 4 heteroatoms. The van der Waals surface area contributed by atoms with Gasteiger partial charge in [0.15, 0.2) is 0 Å². The van der Waals surface area contributed by atoms with Gasteiger partial charge in [0.25, 0.3) is 0 Å². The second-order valence-corrected chi connectivity index (χ2v) is 5.36. The number of para-hydroxylation sites is 1. The van der Waals surface area contributed by atoms with Crippen LogP contribution in [0.25, 0.3) is 0 Å². The summed E-state index contributed by atoms with van der Waals surface area (Å²) < 4.78 is 5.37. The molecule has 0 saturated carbocycles. The largest absolute Gasteiger partial charge is 0.496 e. The highest BCUT2D eigenvalue weighted by Gasteiger charge is 2.10. The molecule has 0 atom stereocenters. The zero-order valence-electron chi connectivity index (χ0n) is 11.1. The van der Waals surface area contributed by atoms with Crippen LogP contribution in [0.15, 0.2) is 41.8 Å². The van der Waals surface area contributed by atoms with Gasteiger partial charge < -0.3 is 9.84 Å². The Hall–Kier alpha value is -1.36. The van der Waals surface area contributed by atoms with Gasteiger partial charge in [0.05, 0.1) is 13.7 Å². The first-order valence-corrected chi connectivity index (χ1v) is 7.19. The second kappa shape index (κ2) is 7.28. The highest BCUT2D eigenvalue weighted by Crippen LogP contribution is 2.21. The van der Waals surface area contributed by atoms with Crippen LogP contribution in [0, 0.1) is 0 Å². The standard InChI is InChI=1S/C15H19NO2S/c1-18-15-7-3-2-5-13(15)11-16(8-9-17)12-14-6-4-10-19-14/h2-7,10,17H,8-9,11-12H2,1H3. The van der Waals surface area contributed by atoms with Gasteiger partial charge in [0.1, 0.15) is 5.75 Å². The van der Waals surface area contributed by atoms with Crippen LogP contribution in [0.5, 0.6) is 5.75 Å². The van der Waals surface area contributed by atoms with E-state index in [0.717, 1.165) is 24.4 Å². The third kappa shape index (κ3) is 4.06. The van der Waals surface area contributed by atoms with E-state index in [9.17, 15) is 5.11 Å². The fraction of sp³-hybridized carbons (Fsp3) is 0.333. The summed E-state index contributed by atoms with van der Waals surface area (Å²) in [6.45, 7) is 2.47. The van der Waals surface area contributed by atoms with Crippen molar-refractivity contribution < 1.29 is 9.84 Å². The van der Waals surface area contributed by atoms with Crippen molar-refractivity contribution in [3.8, 4) is 5.75 Å². The summed E-state index contributed by atoms with van der Waals surface area (Å²) in [5, 5.41) is 11.3. The number of nitrogens with zero attached hydrogens (tertiary/aromatic N) is 1. The molecule has 0 aliphatic carbocycles. The molecule has 1 aromatic heterocycles. The summed E-state index contributed by atoms with van der Waals surface area (Å²) in [6.07, 6.45) is 0. The maximum atomic E-state index is 9.20. The third-order valence-electron chi connectivity index (χ3n) is 2.96. The lowest BCUT2D eigenvalue weighted by molar-refractivity contribution is 0.184. The van der Waals surface area contributed by atoms with Gasteiger partial charge in [-0.15, -0.1) is 11.3 Å². The fourth-order valence-electron chi connectivity index (χ4n) is 2.05. The number of benzene rings is 1. The number of ether oxygens (including phenoxy) is 1. The molecular weight excluding hydrogens is 258 g/mol. The molecule has 0 spiro atoms. The number of hydrogen-bond acceptors (Lipinski definition) is 4. The molecule has 102 valence electrons. The van der Waals surface area contributed by atoms with Crippen LogP contribution in [0.3, 0.4) is 0 Å². The SMILES string of the molecule is COc1ccccc1CN(CCO)Cc1cccs1. The monoisotopic (exact) mass is 277 g/mol. The van der Waals surface area contributed by atoms with E-state index in [-0.39, 0.29) is 6.61 Å². The summed E-state index contributed by atoms with van der Waals surface area (Å²) in [5.41, 5.74) is 1.15. The van der Waals surface area contributed by atoms with E-state index < -0.39 is 0 Å². The Kier molecular flexibility index (Phi) is 5.39. The summed E-state index contributed by atoms with van der Waals surface area (Å²) in [5.74, 6) is 0.900. The van der Waals surface area contributed by atoms with E-state index in [4.69, 9.17) is 4.74 Å². The number of aliphatic hydroxyl groups is 1. The van der Waals surface area contributed by atoms with E-state index in [1.807, 2.05) is 18.2 Å². The minimum atomic E-state index is 0.167. The van der Waals surface area contributed by atoms with Gasteiger partial charge in [-0.2, -0.15) is 0 Å². The molecule has 2 rings (SSSR count). The second-order valence-electron chi connectivity index (χ2n) is 4.33. The van der Waals surface area contributed by atoms with Crippen molar-refractivity contribution in [3.63, 3.8) is 0 Å². The number of thiophene rings is 1. The number of hydrogen-bond donors (Lipinski definition) is 1. The summed E-state index contributed by atoms with van der Waals surface area (Å²) in [7, 11) is 1.69. The molecule has 3 nitrogen and oxygen atoms in total. The minimum absolute atomic E-state index is 0.167. The maximum absolute atomic E-state index is 9.20. The van der Waals surface area contributed by atoms with Gasteiger partial charge in [0, 0.05) is 30.1 Å². The molecule has 19 heavy (non-hydrogen) atoms. The van der Waals surface area contributed by atoms with E-state index in [1.54, 1.807) is 18.4 Å². The van der Waals surface area contributed by atoms with E-state index in [0.29, 0.717) is 6.54 Å². The molecule has 0 aliphatic heterocycles. The quantitative estimate of drug-likeness (QED) is 0.844. The molecule has 1 heterocycles. The van der Waals surface area contributed by atoms with Gasteiger partial charge >= 0.3 is 0 Å². The van der Waals surface area contributed by atoms with Crippen LogP contribution in [0.4, 0.5) is 0 Å². The molecule has 0 amide bonds. The summed E-state index contributed by atoms with van der Waals surface area (Å²) in [6, 6.07) is 12.2. The Labute approximate surface area is 118 Å². The van der Waals surface area contributed by atoms with E-state index >= 15 is 0 Å². The lowest BCUT2D eigenvalue weighted by Gasteiger charge is -2.21. The van der Waals surface area contributed by atoms with Crippen LogP contribution < -0.4 is 4.74 Å². The average Bonchev–Trinajstić information content (AvgIpc) is 2.92. The smallest absolute Gasteiger partial charge is 0.123 e.